The van der Waals surface area contributed by atoms with Crippen molar-refractivity contribution in [1.29, 1.82) is 0 Å². The number of likely N-dealkylation sites (tertiary alicyclic amines) is 1. The van der Waals surface area contributed by atoms with Gasteiger partial charge in [-0.05, 0) is 68.1 Å². The van der Waals surface area contributed by atoms with Crippen LogP contribution in [0.15, 0.2) is 18.6 Å². The van der Waals surface area contributed by atoms with E-state index in [1.807, 2.05) is 27.7 Å². The van der Waals surface area contributed by atoms with Gasteiger partial charge in [-0.3, -0.25) is 33.8 Å². The predicted octanol–water partition coefficient (Wildman–Crippen LogP) is 5.22. The van der Waals surface area contributed by atoms with Gasteiger partial charge in [0.15, 0.2) is 0 Å². The Bertz CT molecular complexity index is 1400. The maximum atomic E-state index is 14.6. The van der Waals surface area contributed by atoms with Crippen LogP contribution >= 0.6 is 27.0 Å². The number of hydrogen-bond donors (Lipinski definition) is 4. The van der Waals surface area contributed by atoms with Gasteiger partial charge in [0.25, 0.3) is 11.8 Å². The fourth-order valence-electron chi connectivity index (χ4n) is 7.87. The van der Waals surface area contributed by atoms with Crippen LogP contribution in [0.5, 0.6) is 0 Å². The largest absolute Gasteiger partial charge is 0.347 e. The molecule has 1 aromatic rings. The van der Waals surface area contributed by atoms with Crippen molar-refractivity contribution < 1.29 is 28.8 Å². The summed E-state index contributed by atoms with van der Waals surface area (Å²) in [7, 11) is 0. The van der Waals surface area contributed by atoms with Crippen LogP contribution in [0.2, 0.25) is 0 Å². The first-order valence-corrected chi connectivity index (χ1v) is 18.2. The highest BCUT2D eigenvalue weighted by Gasteiger charge is 2.52. The lowest BCUT2D eigenvalue weighted by atomic mass is 9.82. The third-order valence-corrected chi connectivity index (χ3v) is 10.7. The van der Waals surface area contributed by atoms with Crippen LogP contribution in [0.25, 0.3) is 0 Å². The lowest BCUT2D eigenvalue weighted by Gasteiger charge is -2.38. The van der Waals surface area contributed by atoms with Crippen LogP contribution in [0.3, 0.4) is 0 Å². The third-order valence-electron chi connectivity index (χ3n) is 10.7. The second kappa shape index (κ2) is 23.8. The number of hydrogen-bond acceptors (Lipinski definition) is 8. The van der Waals surface area contributed by atoms with E-state index in [9.17, 15) is 28.8 Å². The van der Waals surface area contributed by atoms with Gasteiger partial charge in [-0.25, -0.2) is 4.98 Å². The van der Waals surface area contributed by atoms with Crippen molar-refractivity contribution >= 4 is 62.3 Å². The Morgan fingerprint density at radius 1 is 0.836 bits per heavy atom. The summed E-state index contributed by atoms with van der Waals surface area (Å²) < 4.78 is 0. The van der Waals surface area contributed by atoms with Crippen LogP contribution in [0.4, 0.5) is 0 Å². The molecule has 5 amide bonds. The van der Waals surface area contributed by atoms with Crippen LogP contribution in [0, 0.1) is 23.2 Å². The van der Waals surface area contributed by atoms with Crippen LogP contribution in [0.1, 0.15) is 145 Å². The zero-order chi connectivity index (χ0) is 35.3. The maximum Gasteiger partial charge on any atom is 0.289 e. The van der Waals surface area contributed by atoms with E-state index in [2.05, 4.69) is 31.2 Å². The highest BCUT2D eigenvalue weighted by molar-refractivity contribution is 7.59. The SMILES string of the molecule is C.C.C.C.CCC[C@@H](NC(=O)[C@H]1[C@@H]2CCC[C@H]2CN1C(=O)[C@@H](NC(=O)[C@@H](NC(=O)c1cnccn1)C1CCCCC1)C(C)(C)C)C(=O)C(=O)NC1CC1.S.S. The van der Waals surface area contributed by atoms with Gasteiger partial charge in [0.1, 0.15) is 23.8 Å². The molecule has 1 aliphatic heterocycles. The molecule has 1 saturated heterocycles. The van der Waals surface area contributed by atoms with Crippen molar-refractivity contribution in [2.24, 2.45) is 23.2 Å². The molecule has 1 aromatic heterocycles. The monoisotopic (exact) mass is 812 g/mol. The van der Waals surface area contributed by atoms with Gasteiger partial charge < -0.3 is 26.2 Å². The Kier molecular flexibility index (Phi) is 23.3. The Labute approximate surface area is 344 Å². The molecule has 4 aliphatic rings. The molecule has 0 spiro atoms. The van der Waals surface area contributed by atoms with Crippen LogP contribution in [-0.4, -0.2) is 86.9 Å². The van der Waals surface area contributed by atoms with E-state index in [0.29, 0.717) is 19.4 Å². The van der Waals surface area contributed by atoms with E-state index < -0.39 is 59.0 Å². The number of aromatic nitrogens is 2. The Morgan fingerprint density at radius 3 is 2.05 bits per heavy atom. The molecule has 316 valence electrons. The first kappa shape index (κ1) is 53.9. The minimum Gasteiger partial charge on any atom is -0.347 e. The number of nitrogens with one attached hydrogen (secondary N) is 4. The summed E-state index contributed by atoms with van der Waals surface area (Å²) in [5.74, 6) is -3.20. The lowest BCUT2D eigenvalue weighted by molar-refractivity contribution is -0.146. The van der Waals surface area contributed by atoms with Crippen molar-refractivity contribution in [2.75, 3.05) is 6.54 Å². The van der Waals surface area contributed by atoms with Crippen LogP contribution in [-0.2, 0) is 24.0 Å². The molecule has 2 heterocycles. The quantitative estimate of drug-likeness (QED) is 0.196. The topological polar surface area (TPSA) is 180 Å². The standard InChI is InChI=1S/C36H53N7O6.4CH4.2H2S/c1-5-10-25(29(44)34(48)39-23-15-16-23)40-33(47)28-24-14-9-13-22(24)20-43(28)35(49)30(36(2,3)4)42-32(46)27(21-11-7-6-8-12-21)41-31(45)26-19-37-17-18-38-26;;;;;;/h17-19,21-25,27-28,30H,5-16,20H2,1-4H3,(H,39,48)(H,40,47)(H,41,45)(H,42,46);4*1H4;2*1H2/t22-,24+,25+,27-,28+,30+;;;;;;/m0....../s1. The fraction of sp³-hybridized carbons (Fsp3) is 0.750. The zero-order valence-corrected chi connectivity index (χ0v) is 32.3. The second-order valence-corrected chi connectivity index (χ2v) is 15.5. The lowest BCUT2D eigenvalue weighted by Crippen LogP contribution is -2.62. The van der Waals surface area contributed by atoms with Crippen molar-refractivity contribution in [1.82, 2.24) is 36.1 Å². The third kappa shape index (κ3) is 13.5. The van der Waals surface area contributed by atoms with E-state index in [0.717, 1.165) is 64.2 Å². The van der Waals surface area contributed by atoms with Gasteiger partial charge in [0, 0.05) is 25.0 Å². The molecule has 0 aromatic carbocycles. The Hall–Kier alpha value is -3.20. The minimum absolute atomic E-state index is 0. The molecule has 0 radical (unpaired) electrons. The van der Waals surface area contributed by atoms with Gasteiger partial charge in [0.2, 0.25) is 23.5 Å². The number of carbonyl (C=O) groups excluding carboxylic acids is 6. The van der Waals surface area contributed by atoms with E-state index >= 15 is 0 Å². The highest BCUT2D eigenvalue weighted by Crippen LogP contribution is 2.43. The van der Waals surface area contributed by atoms with Gasteiger partial charge in [-0.15, -0.1) is 0 Å². The molecule has 13 nitrogen and oxygen atoms in total. The number of ketones is 1. The van der Waals surface area contributed by atoms with Gasteiger partial charge in [-0.2, -0.15) is 27.0 Å². The van der Waals surface area contributed by atoms with Crippen molar-refractivity contribution in [3.63, 3.8) is 0 Å². The molecule has 3 aliphatic carbocycles. The van der Waals surface area contributed by atoms with Gasteiger partial charge in [0.05, 0.1) is 12.2 Å². The number of rotatable bonds is 13. The molecule has 3 saturated carbocycles. The summed E-state index contributed by atoms with van der Waals surface area (Å²) in [6.45, 7) is 7.85. The van der Waals surface area contributed by atoms with E-state index in [1.165, 1.54) is 18.6 Å². The summed E-state index contributed by atoms with van der Waals surface area (Å²) in [5.41, 5.74) is -0.638. The molecule has 15 heteroatoms. The normalized spacial score (nSPS) is 21.6. The maximum absolute atomic E-state index is 14.6. The first-order chi connectivity index (χ1) is 23.4. The molecule has 0 unspecified atom stereocenters. The average molecular weight is 812 g/mol. The Morgan fingerprint density at radius 2 is 1.49 bits per heavy atom. The molecule has 6 atom stereocenters. The molecular weight excluding hydrogens is 739 g/mol. The molecular formula is C40H73N7O6S2. The summed E-state index contributed by atoms with van der Waals surface area (Å²) in [6, 6.07) is -3.68. The molecule has 55 heavy (non-hydrogen) atoms. The molecule has 0 bridgehead atoms. The molecule has 4 fully saturated rings. The summed E-state index contributed by atoms with van der Waals surface area (Å²) >= 11 is 0. The zero-order valence-electron chi connectivity index (χ0n) is 30.3. The number of nitrogens with zero attached hydrogens (tertiary/aromatic N) is 3. The summed E-state index contributed by atoms with van der Waals surface area (Å²) in [5, 5.41) is 11.5. The second-order valence-electron chi connectivity index (χ2n) is 15.5. The van der Waals surface area contributed by atoms with E-state index in [1.54, 1.807) is 4.90 Å². The van der Waals surface area contributed by atoms with Crippen LogP contribution < -0.4 is 21.3 Å². The number of amides is 5. The van der Waals surface area contributed by atoms with E-state index in [4.69, 9.17) is 0 Å². The summed E-state index contributed by atoms with van der Waals surface area (Å²) in [4.78, 5) is 91.4. The Balaban J connectivity index is 0. The van der Waals surface area contributed by atoms with Gasteiger partial charge in [-0.1, -0.05) is 89.5 Å². The minimum atomic E-state index is -0.994. The highest BCUT2D eigenvalue weighted by atomic mass is 32.1. The van der Waals surface area contributed by atoms with Crippen molar-refractivity contribution in [3.05, 3.63) is 24.3 Å². The fourth-order valence-corrected chi connectivity index (χ4v) is 7.87. The summed E-state index contributed by atoms with van der Waals surface area (Å²) in [6.07, 6.45) is 13.9. The van der Waals surface area contributed by atoms with Gasteiger partial charge >= 0.3 is 0 Å². The molecule has 4 N–H and O–H groups in total. The van der Waals surface area contributed by atoms with Crippen molar-refractivity contribution in [2.45, 2.75) is 165 Å². The number of Topliss-reactive ketones (excluding diaryl/α,β-unsaturated/α-hetero) is 1. The number of fused-ring (bicyclic) bond motifs is 1. The smallest absolute Gasteiger partial charge is 0.289 e. The molecule has 5 rings (SSSR count). The van der Waals surface area contributed by atoms with Crippen molar-refractivity contribution in [3.8, 4) is 0 Å². The van der Waals surface area contributed by atoms with E-state index in [-0.39, 0.29) is 92.1 Å². The first-order valence-electron chi connectivity index (χ1n) is 18.2. The predicted molar refractivity (Wildman–Crippen MR) is 228 cm³/mol. The number of carbonyl (C=O) groups is 6. The average Bonchev–Trinajstić information content (AvgIpc) is 3.65.